The minimum Gasteiger partial charge on any atom is -0.497 e. The number of nitrogen functional groups attached to an aromatic ring is 1. The first kappa shape index (κ1) is 11.9. The summed E-state index contributed by atoms with van der Waals surface area (Å²) in [5.74, 6) is 1.08. The molecule has 18 heavy (non-hydrogen) atoms. The molecule has 0 aliphatic carbocycles. The van der Waals surface area contributed by atoms with E-state index in [9.17, 15) is 4.79 Å². The molecule has 1 aromatic heterocycles. The minimum atomic E-state index is -0.453. The molecule has 0 aliphatic rings. The highest BCUT2D eigenvalue weighted by atomic mass is 16.5. The zero-order valence-electron chi connectivity index (χ0n) is 9.88. The summed E-state index contributed by atoms with van der Waals surface area (Å²) in [4.78, 5) is 17.0. The van der Waals surface area contributed by atoms with E-state index in [1.165, 1.54) is 6.20 Å². The number of hydrogen-bond donors (Lipinski definition) is 2. The van der Waals surface area contributed by atoms with E-state index < -0.39 is 5.69 Å². The normalized spacial score (nSPS) is 10.7. The van der Waals surface area contributed by atoms with Crippen LogP contribution in [0.15, 0.2) is 35.3 Å². The van der Waals surface area contributed by atoms with Crippen molar-refractivity contribution in [3.63, 3.8) is 0 Å². The maximum Gasteiger partial charge on any atom is 0.346 e. The Kier molecular flexibility index (Phi) is 3.43. The van der Waals surface area contributed by atoms with Crippen molar-refractivity contribution in [2.45, 2.75) is 0 Å². The van der Waals surface area contributed by atoms with Gasteiger partial charge in [0.05, 0.1) is 7.11 Å². The summed E-state index contributed by atoms with van der Waals surface area (Å²) in [5, 5.41) is 0. The van der Waals surface area contributed by atoms with Crippen molar-refractivity contribution >= 4 is 18.0 Å². The van der Waals surface area contributed by atoms with Crippen molar-refractivity contribution in [2.75, 3.05) is 12.8 Å². The van der Waals surface area contributed by atoms with Crippen molar-refractivity contribution in [2.24, 2.45) is 0 Å². The lowest BCUT2D eigenvalue weighted by molar-refractivity contribution is 0.414. The van der Waals surface area contributed by atoms with Gasteiger partial charge in [-0.2, -0.15) is 0 Å². The van der Waals surface area contributed by atoms with Gasteiger partial charge in [0.25, 0.3) is 0 Å². The minimum absolute atomic E-state index is 0.300. The predicted octanol–water partition coefficient (Wildman–Crippen LogP) is 1.53. The van der Waals surface area contributed by atoms with Gasteiger partial charge in [-0.1, -0.05) is 18.2 Å². The number of methoxy groups -OCH3 is 1. The second-order valence-electron chi connectivity index (χ2n) is 3.67. The molecule has 92 valence electrons. The molecule has 2 aromatic rings. The molecule has 3 N–H and O–H groups in total. The summed E-state index contributed by atoms with van der Waals surface area (Å²) < 4.78 is 5.13. The quantitative estimate of drug-likeness (QED) is 0.856. The zero-order valence-corrected chi connectivity index (χ0v) is 9.88. The van der Waals surface area contributed by atoms with Crippen LogP contribution in [0.5, 0.6) is 5.75 Å². The fraction of sp³-hybridized carbons (Fsp3) is 0.0769. The highest BCUT2D eigenvalue weighted by molar-refractivity contribution is 5.73. The van der Waals surface area contributed by atoms with Crippen LogP contribution in [-0.2, 0) is 0 Å². The van der Waals surface area contributed by atoms with Crippen LogP contribution in [-0.4, -0.2) is 17.1 Å². The van der Waals surface area contributed by atoms with E-state index in [0.717, 1.165) is 11.3 Å². The number of benzene rings is 1. The number of anilines is 1. The van der Waals surface area contributed by atoms with Gasteiger partial charge in [0.15, 0.2) is 0 Å². The standard InChI is InChI=1S/C13H13N3O2/c1-18-11-4-2-3-9(7-11)5-6-10-8-15-13(17)16-12(10)14/h2-8H,1H3,(H3,14,15,16,17)/b6-5+. The molecule has 0 radical (unpaired) electrons. The number of nitrogens with one attached hydrogen (secondary N) is 1. The van der Waals surface area contributed by atoms with Crippen molar-refractivity contribution < 1.29 is 4.74 Å². The van der Waals surface area contributed by atoms with Crippen molar-refractivity contribution in [3.8, 4) is 5.75 Å². The zero-order chi connectivity index (χ0) is 13.0. The van der Waals surface area contributed by atoms with Gasteiger partial charge < -0.3 is 10.5 Å². The van der Waals surface area contributed by atoms with Crippen LogP contribution < -0.4 is 16.2 Å². The summed E-state index contributed by atoms with van der Waals surface area (Å²) in [6.07, 6.45) is 5.09. The summed E-state index contributed by atoms with van der Waals surface area (Å²) in [6.45, 7) is 0. The van der Waals surface area contributed by atoms with E-state index in [4.69, 9.17) is 10.5 Å². The molecule has 0 unspecified atom stereocenters. The summed E-state index contributed by atoms with van der Waals surface area (Å²) in [7, 11) is 1.62. The first-order chi connectivity index (χ1) is 8.69. The molecule has 0 fully saturated rings. The van der Waals surface area contributed by atoms with Gasteiger partial charge in [0.2, 0.25) is 0 Å². The first-order valence-corrected chi connectivity index (χ1v) is 5.36. The molecule has 0 saturated heterocycles. The van der Waals surface area contributed by atoms with E-state index in [1.54, 1.807) is 13.2 Å². The maximum atomic E-state index is 10.9. The van der Waals surface area contributed by atoms with E-state index in [0.29, 0.717) is 11.4 Å². The predicted molar refractivity (Wildman–Crippen MR) is 71.2 cm³/mol. The third-order valence-corrected chi connectivity index (χ3v) is 2.42. The van der Waals surface area contributed by atoms with E-state index in [-0.39, 0.29) is 0 Å². The Hall–Kier alpha value is -2.56. The molecular weight excluding hydrogens is 230 g/mol. The van der Waals surface area contributed by atoms with Crippen molar-refractivity contribution in [1.29, 1.82) is 0 Å². The average Bonchev–Trinajstić information content (AvgIpc) is 2.38. The number of rotatable bonds is 3. The third-order valence-electron chi connectivity index (χ3n) is 2.42. The molecule has 1 aromatic carbocycles. The van der Waals surface area contributed by atoms with Gasteiger partial charge in [0.1, 0.15) is 11.6 Å². The molecule has 1 heterocycles. The summed E-state index contributed by atoms with van der Waals surface area (Å²) in [6, 6.07) is 7.60. The molecule has 2 rings (SSSR count). The van der Waals surface area contributed by atoms with Crippen molar-refractivity contribution in [1.82, 2.24) is 9.97 Å². The van der Waals surface area contributed by atoms with Crippen LogP contribution in [0.1, 0.15) is 11.1 Å². The fourth-order valence-electron chi connectivity index (χ4n) is 1.48. The molecule has 5 heteroatoms. The van der Waals surface area contributed by atoms with Crippen LogP contribution in [0.4, 0.5) is 5.82 Å². The Morgan fingerprint density at radius 2 is 2.22 bits per heavy atom. The second-order valence-corrected chi connectivity index (χ2v) is 3.67. The molecular formula is C13H13N3O2. The number of H-pyrrole nitrogens is 1. The van der Waals surface area contributed by atoms with Gasteiger partial charge in [0, 0.05) is 11.8 Å². The molecule has 0 spiro atoms. The van der Waals surface area contributed by atoms with E-state index in [2.05, 4.69) is 9.97 Å². The van der Waals surface area contributed by atoms with Gasteiger partial charge in [-0.15, -0.1) is 0 Å². The smallest absolute Gasteiger partial charge is 0.346 e. The Bertz CT molecular complexity index is 632. The van der Waals surface area contributed by atoms with Gasteiger partial charge in [-0.3, -0.25) is 4.98 Å². The largest absolute Gasteiger partial charge is 0.497 e. The molecule has 0 aliphatic heterocycles. The second kappa shape index (κ2) is 5.18. The number of aromatic nitrogens is 2. The number of aromatic amines is 1. The summed E-state index contributed by atoms with van der Waals surface area (Å²) in [5.41, 5.74) is 6.85. The number of nitrogens with zero attached hydrogens (tertiary/aromatic N) is 1. The SMILES string of the molecule is COc1cccc(/C=C/c2cnc(=O)[nH]c2N)c1. The molecule has 0 bridgehead atoms. The van der Waals surface area contributed by atoms with Crippen LogP contribution in [0.25, 0.3) is 12.2 Å². The van der Waals surface area contributed by atoms with Gasteiger partial charge >= 0.3 is 5.69 Å². The van der Waals surface area contributed by atoms with Crippen molar-refractivity contribution in [3.05, 3.63) is 52.1 Å². The molecule has 5 nitrogen and oxygen atoms in total. The molecule has 0 saturated carbocycles. The maximum absolute atomic E-state index is 10.9. The van der Waals surface area contributed by atoms with E-state index >= 15 is 0 Å². The number of hydrogen-bond acceptors (Lipinski definition) is 4. The Morgan fingerprint density at radius 3 is 2.94 bits per heavy atom. The topological polar surface area (TPSA) is 81.0 Å². The van der Waals surface area contributed by atoms with Gasteiger partial charge in [-0.05, 0) is 23.8 Å². The Morgan fingerprint density at radius 1 is 1.39 bits per heavy atom. The highest BCUT2D eigenvalue weighted by Gasteiger charge is 1.97. The lowest BCUT2D eigenvalue weighted by Gasteiger charge is -2.01. The van der Waals surface area contributed by atoms with Crippen LogP contribution in [0.3, 0.4) is 0 Å². The average molecular weight is 243 g/mol. The Labute approximate surface area is 104 Å². The lowest BCUT2D eigenvalue weighted by atomic mass is 10.1. The summed E-state index contributed by atoms with van der Waals surface area (Å²) >= 11 is 0. The first-order valence-electron chi connectivity index (χ1n) is 5.36. The monoisotopic (exact) mass is 243 g/mol. The Balaban J connectivity index is 2.26. The number of ether oxygens (including phenoxy) is 1. The van der Waals surface area contributed by atoms with Crippen LogP contribution in [0.2, 0.25) is 0 Å². The highest BCUT2D eigenvalue weighted by Crippen LogP contribution is 2.15. The third kappa shape index (κ3) is 2.76. The molecule has 0 amide bonds. The number of nitrogens with two attached hydrogens (primary N) is 1. The van der Waals surface area contributed by atoms with Gasteiger partial charge in [-0.25, -0.2) is 9.78 Å². The van der Waals surface area contributed by atoms with Crippen LogP contribution >= 0.6 is 0 Å². The van der Waals surface area contributed by atoms with E-state index in [1.807, 2.05) is 30.3 Å². The van der Waals surface area contributed by atoms with Crippen LogP contribution in [0, 0.1) is 0 Å². The molecule has 0 atom stereocenters. The lowest BCUT2D eigenvalue weighted by Crippen LogP contribution is -2.12. The fourth-order valence-corrected chi connectivity index (χ4v) is 1.48.